The topological polar surface area (TPSA) is 31.9 Å². The van der Waals surface area contributed by atoms with E-state index in [9.17, 15) is 0 Å². The largest absolute Gasteiger partial charge is 0.342 e. The fourth-order valence-electron chi connectivity index (χ4n) is 5.90. The third-order valence-electron chi connectivity index (χ3n) is 8.18. The molecule has 3 atom stereocenters. The molecule has 168 valence electrons. The van der Waals surface area contributed by atoms with E-state index < -0.39 is 0 Å². The first-order chi connectivity index (χ1) is 15.0. The second-order valence-electron chi connectivity index (χ2n) is 11.4. The number of allylic oxidation sites excluding steroid dienone is 1. The van der Waals surface area contributed by atoms with Crippen LogP contribution in [0.3, 0.4) is 0 Å². The summed E-state index contributed by atoms with van der Waals surface area (Å²) in [5.74, 6) is 5.99. The zero-order valence-corrected chi connectivity index (χ0v) is 20.0. The van der Waals surface area contributed by atoms with Gasteiger partial charge in [-0.3, -0.25) is 0 Å². The normalized spacial score (nSPS) is 26.8. The summed E-state index contributed by atoms with van der Waals surface area (Å²) in [6.45, 7) is 13.4. The number of fused-ring (bicyclic) bond motifs is 1. The first kappa shape index (κ1) is 21.2. The van der Waals surface area contributed by atoms with Gasteiger partial charge in [0, 0.05) is 26.1 Å². The quantitative estimate of drug-likeness (QED) is 0.478. The average molecular weight is 420 g/mol. The van der Waals surface area contributed by atoms with E-state index >= 15 is 0 Å². The summed E-state index contributed by atoms with van der Waals surface area (Å²) in [5.41, 5.74) is 5.19. The molecule has 1 N–H and O–H groups in total. The minimum Gasteiger partial charge on any atom is -0.342 e. The van der Waals surface area contributed by atoms with Crippen LogP contribution >= 0.6 is 0 Å². The molecule has 0 spiro atoms. The predicted octanol–water partition coefficient (Wildman–Crippen LogP) is 6.39. The van der Waals surface area contributed by atoms with Crippen LogP contribution in [0.4, 0.5) is 0 Å². The Hall–Kier alpha value is -1.61. The van der Waals surface area contributed by atoms with Crippen molar-refractivity contribution in [2.45, 2.75) is 66.2 Å². The molecule has 0 bridgehead atoms. The van der Waals surface area contributed by atoms with Crippen LogP contribution in [0.25, 0.3) is 11.0 Å². The lowest BCUT2D eigenvalue weighted by atomic mass is 9.69. The van der Waals surface area contributed by atoms with Crippen LogP contribution in [0.1, 0.15) is 64.3 Å². The van der Waals surface area contributed by atoms with E-state index in [0.29, 0.717) is 11.8 Å². The molecule has 0 aliphatic heterocycles. The van der Waals surface area contributed by atoms with Gasteiger partial charge < -0.3 is 9.88 Å². The van der Waals surface area contributed by atoms with E-state index in [1.165, 1.54) is 62.8 Å². The van der Waals surface area contributed by atoms with Crippen LogP contribution in [-0.2, 0) is 6.42 Å². The van der Waals surface area contributed by atoms with Gasteiger partial charge in [-0.2, -0.15) is 0 Å². The van der Waals surface area contributed by atoms with Crippen molar-refractivity contribution >= 4 is 11.0 Å². The molecule has 0 unspecified atom stereocenters. The Morgan fingerprint density at radius 3 is 2.35 bits per heavy atom. The maximum atomic E-state index is 4.97. The molecule has 3 nitrogen and oxygen atoms in total. The number of aryl methyl sites for hydroxylation is 1. The van der Waals surface area contributed by atoms with Gasteiger partial charge in [-0.1, -0.05) is 37.6 Å². The van der Waals surface area contributed by atoms with Crippen molar-refractivity contribution in [1.82, 2.24) is 14.9 Å². The molecule has 3 aliphatic rings. The van der Waals surface area contributed by atoms with Crippen LogP contribution < -0.4 is 0 Å². The summed E-state index contributed by atoms with van der Waals surface area (Å²) < 4.78 is 0. The number of H-pyrrole nitrogens is 1. The van der Waals surface area contributed by atoms with Crippen LogP contribution in [0.2, 0.25) is 0 Å². The fraction of sp³-hybridized carbons (Fsp3) is 0.679. The number of aromatic nitrogens is 2. The van der Waals surface area contributed by atoms with Crippen molar-refractivity contribution in [1.29, 1.82) is 0 Å². The summed E-state index contributed by atoms with van der Waals surface area (Å²) in [6, 6.07) is 6.44. The number of nitrogens with zero attached hydrogens (tertiary/aromatic N) is 2. The van der Waals surface area contributed by atoms with Crippen LogP contribution in [0, 0.1) is 42.4 Å². The van der Waals surface area contributed by atoms with Crippen molar-refractivity contribution in [3.8, 4) is 0 Å². The third-order valence-corrected chi connectivity index (χ3v) is 8.18. The van der Waals surface area contributed by atoms with E-state index in [1.54, 1.807) is 5.57 Å². The zero-order chi connectivity index (χ0) is 21.5. The molecule has 0 amide bonds. The number of aromatic amines is 1. The van der Waals surface area contributed by atoms with E-state index in [2.05, 4.69) is 61.9 Å². The number of benzene rings is 1. The molecule has 31 heavy (non-hydrogen) atoms. The number of rotatable bonds is 9. The lowest BCUT2D eigenvalue weighted by Crippen LogP contribution is -2.39. The Kier molecular flexibility index (Phi) is 5.98. The van der Waals surface area contributed by atoms with Crippen molar-refractivity contribution < 1.29 is 0 Å². The van der Waals surface area contributed by atoms with Crippen molar-refractivity contribution in [2.24, 2.45) is 35.5 Å². The van der Waals surface area contributed by atoms with Gasteiger partial charge in [0.1, 0.15) is 5.82 Å². The average Bonchev–Trinajstić information content (AvgIpc) is 3.64. The monoisotopic (exact) mass is 419 g/mol. The van der Waals surface area contributed by atoms with E-state index in [1.807, 2.05) is 0 Å². The molecule has 1 aromatic carbocycles. The highest BCUT2D eigenvalue weighted by Gasteiger charge is 2.35. The number of hydrogen-bond donors (Lipinski definition) is 1. The third kappa shape index (κ3) is 5.08. The predicted molar refractivity (Wildman–Crippen MR) is 130 cm³/mol. The van der Waals surface area contributed by atoms with E-state index in [0.717, 1.165) is 41.4 Å². The van der Waals surface area contributed by atoms with Gasteiger partial charge in [0.15, 0.2) is 0 Å². The smallest absolute Gasteiger partial charge is 0.107 e. The molecule has 2 saturated carbocycles. The molecule has 1 heterocycles. The molecule has 2 aromatic rings. The Bertz CT molecular complexity index is 917. The van der Waals surface area contributed by atoms with Crippen molar-refractivity contribution in [3.63, 3.8) is 0 Å². The van der Waals surface area contributed by atoms with Crippen molar-refractivity contribution in [3.05, 3.63) is 41.2 Å². The molecule has 5 rings (SSSR count). The molecule has 1 aromatic heterocycles. The van der Waals surface area contributed by atoms with Gasteiger partial charge >= 0.3 is 0 Å². The SMILES string of the molecule is CC1=C[C@@H](CN(CC2CC2)CC2CC2)[C@H](C(C)C)C[C@H]1Cc1nc2c(C)cccc2[nH]1. The van der Waals surface area contributed by atoms with Gasteiger partial charge in [0.2, 0.25) is 0 Å². The molecule has 0 radical (unpaired) electrons. The Morgan fingerprint density at radius 2 is 1.74 bits per heavy atom. The number of imidazole rings is 1. The standard InChI is InChI=1S/C28H41N3/c1-18(2)25-13-23(14-27-29-26-7-5-6-19(3)28(26)30-27)20(4)12-24(25)17-31(15-21-8-9-21)16-22-10-11-22/h5-7,12,18,21-25H,8-11,13-17H2,1-4H3,(H,29,30)/t23-,24-,25-/m0/s1. The second kappa shape index (κ2) is 8.73. The fourth-order valence-corrected chi connectivity index (χ4v) is 5.90. The molecule has 3 aliphatic carbocycles. The van der Waals surface area contributed by atoms with Crippen molar-refractivity contribution in [2.75, 3.05) is 19.6 Å². The Morgan fingerprint density at radius 1 is 1.03 bits per heavy atom. The summed E-state index contributed by atoms with van der Waals surface area (Å²) in [6.07, 6.45) is 10.9. The van der Waals surface area contributed by atoms with E-state index in [-0.39, 0.29) is 0 Å². The lowest BCUT2D eigenvalue weighted by molar-refractivity contribution is 0.153. The summed E-state index contributed by atoms with van der Waals surface area (Å²) >= 11 is 0. The summed E-state index contributed by atoms with van der Waals surface area (Å²) in [4.78, 5) is 11.4. The molecular weight excluding hydrogens is 378 g/mol. The van der Waals surface area contributed by atoms with Gasteiger partial charge in [-0.15, -0.1) is 0 Å². The van der Waals surface area contributed by atoms with Crippen LogP contribution in [0.15, 0.2) is 29.8 Å². The van der Waals surface area contributed by atoms with Gasteiger partial charge in [0.25, 0.3) is 0 Å². The summed E-state index contributed by atoms with van der Waals surface area (Å²) in [7, 11) is 0. The van der Waals surface area contributed by atoms with E-state index in [4.69, 9.17) is 4.98 Å². The first-order valence-electron chi connectivity index (χ1n) is 12.8. The zero-order valence-electron chi connectivity index (χ0n) is 20.0. The number of para-hydroxylation sites is 1. The maximum Gasteiger partial charge on any atom is 0.107 e. The van der Waals surface area contributed by atoms with Crippen LogP contribution in [-0.4, -0.2) is 34.5 Å². The molecular formula is C28H41N3. The lowest BCUT2D eigenvalue weighted by Gasteiger charge is -2.39. The summed E-state index contributed by atoms with van der Waals surface area (Å²) in [5, 5.41) is 0. The highest BCUT2D eigenvalue weighted by molar-refractivity contribution is 5.78. The first-order valence-corrected chi connectivity index (χ1v) is 12.8. The maximum absolute atomic E-state index is 4.97. The molecule has 3 heteroatoms. The highest BCUT2D eigenvalue weighted by Crippen LogP contribution is 2.41. The molecule has 2 fully saturated rings. The Labute approximate surface area is 188 Å². The van der Waals surface area contributed by atoms with Gasteiger partial charge in [0.05, 0.1) is 11.0 Å². The highest BCUT2D eigenvalue weighted by atomic mass is 15.1. The molecule has 0 saturated heterocycles. The second-order valence-corrected chi connectivity index (χ2v) is 11.4. The number of nitrogens with one attached hydrogen (secondary N) is 1. The Balaban J connectivity index is 1.31. The minimum atomic E-state index is 0.616. The van der Waals surface area contributed by atoms with Crippen LogP contribution in [0.5, 0.6) is 0 Å². The number of hydrogen-bond acceptors (Lipinski definition) is 2. The van der Waals surface area contributed by atoms with Gasteiger partial charge in [-0.05, 0) is 93.1 Å². The minimum absolute atomic E-state index is 0.616. The van der Waals surface area contributed by atoms with Gasteiger partial charge in [-0.25, -0.2) is 4.98 Å².